The van der Waals surface area contributed by atoms with Gasteiger partial charge in [-0.25, -0.2) is 5.43 Å². The Morgan fingerprint density at radius 2 is 2.06 bits per heavy atom. The third-order valence-electron chi connectivity index (χ3n) is 2.62. The zero-order valence-corrected chi connectivity index (χ0v) is 10.6. The van der Waals surface area contributed by atoms with Crippen molar-refractivity contribution in [2.45, 2.75) is 18.9 Å². The summed E-state index contributed by atoms with van der Waals surface area (Å²) in [6, 6.07) is 10.5. The summed E-state index contributed by atoms with van der Waals surface area (Å²) >= 11 is 0. The van der Waals surface area contributed by atoms with Crippen LogP contribution in [-0.2, 0) is 4.74 Å². The van der Waals surface area contributed by atoms with Crippen LogP contribution in [0.4, 0.5) is 5.69 Å². The molecule has 0 saturated carbocycles. The zero-order chi connectivity index (χ0) is 11.2. The van der Waals surface area contributed by atoms with E-state index in [1.165, 1.54) is 0 Å². The van der Waals surface area contributed by atoms with Gasteiger partial charge in [0.2, 0.25) is 0 Å². The van der Waals surface area contributed by atoms with Crippen molar-refractivity contribution >= 4 is 11.5 Å². The van der Waals surface area contributed by atoms with Gasteiger partial charge in [0.15, 0.2) is 0 Å². The molecule has 0 aliphatic carbocycles. The van der Waals surface area contributed by atoms with Gasteiger partial charge in [0.05, 0.1) is 18.7 Å². The minimum Gasteiger partial charge on any atom is -1.00 e. The minimum absolute atomic E-state index is 0. The molecule has 0 radical (unpaired) electrons. The Labute approximate surface area is 108 Å². The first-order valence-electron chi connectivity index (χ1n) is 5.57. The summed E-state index contributed by atoms with van der Waals surface area (Å²) in [5.41, 5.74) is 7.41. The third kappa shape index (κ3) is 4.24. The number of benzene rings is 1. The van der Waals surface area contributed by atoms with Crippen LogP contribution in [-0.4, -0.2) is 25.6 Å². The van der Waals surface area contributed by atoms with Gasteiger partial charge >= 0.3 is 0 Å². The Hall–Kier alpha value is -1.26. The molecule has 0 fully saturated rings. The van der Waals surface area contributed by atoms with Gasteiger partial charge in [-0.2, -0.15) is 5.43 Å². The summed E-state index contributed by atoms with van der Waals surface area (Å²) in [7, 11) is 1.73. The topological polar surface area (TPSA) is 47.3 Å². The summed E-state index contributed by atoms with van der Waals surface area (Å²) in [6.07, 6.45) is 2.15. The van der Waals surface area contributed by atoms with E-state index in [-0.39, 0.29) is 12.4 Å². The molecule has 1 aliphatic rings. The second-order valence-electron chi connectivity index (χ2n) is 3.93. The van der Waals surface area contributed by atoms with Gasteiger partial charge in [-0.15, -0.1) is 0 Å². The highest BCUT2D eigenvalue weighted by molar-refractivity contribution is 5.78. The van der Waals surface area contributed by atoms with E-state index >= 15 is 0 Å². The van der Waals surface area contributed by atoms with E-state index in [1.807, 2.05) is 30.3 Å². The van der Waals surface area contributed by atoms with E-state index < -0.39 is 0 Å². The second kappa shape index (κ2) is 7.14. The number of para-hydroxylation sites is 1. The van der Waals surface area contributed by atoms with E-state index in [0.717, 1.165) is 31.0 Å². The maximum absolute atomic E-state index is 5.11. The molecule has 0 unspecified atom stereocenters. The lowest BCUT2D eigenvalue weighted by Crippen LogP contribution is -3.00. The molecule has 2 rings (SSSR count). The fourth-order valence-electron chi connectivity index (χ4n) is 1.80. The average Bonchev–Trinajstić information content (AvgIpc) is 2.76. The van der Waals surface area contributed by atoms with Crippen LogP contribution in [0.5, 0.6) is 0 Å². The van der Waals surface area contributed by atoms with Gasteiger partial charge in [-0.1, -0.05) is 18.2 Å². The predicted octanol–water partition coefficient (Wildman–Crippen LogP) is -3.10. The smallest absolute Gasteiger partial charge is 0.266 e. The fraction of sp³-hybridized carbons (Fsp3) is 0.417. The number of hydrogen-bond donors (Lipinski definition) is 3. The van der Waals surface area contributed by atoms with Crippen LogP contribution >= 0.6 is 0 Å². The number of methoxy groups -OCH3 is 1. The third-order valence-corrected chi connectivity index (χ3v) is 2.62. The highest BCUT2D eigenvalue weighted by Crippen LogP contribution is 2.03. The molecule has 17 heavy (non-hydrogen) atoms. The molecule has 94 valence electrons. The first-order valence-corrected chi connectivity index (χ1v) is 5.57. The van der Waals surface area contributed by atoms with Crippen LogP contribution in [0.15, 0.2) is 30.3 Å². The van der Waals surface area contributed by atoms with E-state index in [4.69, 9.17) is 4.74 Å². The van der Waals surface area contributed by atoms with Crippen molar-refractivity contribution in [3.8, 4) is 0 Å². The van der Waals surface area contributed by atoms with Gasteiger partial charge in [0.1, 0.15) is 6.04 Å². The van der Waals surface area contributed by atoms with Crippen molar-refractivity contribution in [2.75, 3.05) is 19.1 Å². The van der Waals surface area contributed by atoms with Gasteiger partial charge in [0, 0.05) is 13.5 Å². The van der Waals surface area contributed by atoms with Crippen LogP contribution in [0.1, 0.15) is 12.8 Å². The summed E-state index contributed by atoms with van der Waals surface area (Å²) in [5, 5.41) is 0. The van der Waals surface area contributed by atoms with E-state index in [1.54, 1.807) is 7.11 Å². The van der Waals surface area contributed by atoms with Crippen molar-refractivity contribution in [3.63, 3.8) is 0 Å². The van der Waals surface area contributed by atoms with Gasteiger partial charge < -0.3 is 17.1 Å². The number of hydrogen-bond acceptors (Lipinski definition) is 3. The van der Waals surface area contributed by atoms with Crippen LogP contribution in [0, 0.1) is 0 Å². The molecule has 1 aliphatic heterocycles. The molecule has 1 atom stereocenters. The minimum atomic E-state index is 0. The Balaban J connectivity index is 0.00000144. The Bertz CT molecular complexity index is 356. The van der Waals surface area contributed by atoms with Crippen molar-refractivity contribution < 1.29 is 22.1 Å². The fourth-order valence-corrected chi connectivity index (χ4v) is 1.80. The number of halogens is 1. The maximum atomic E-state index is 5.11. The first kappa shape index (κ1) is 13.8. The molecular weight excluding hydrogens is 238 g/mol. The highest BCUT2D eigenvalue weighted by atomic mass is 35.5. The Morgan fingerprint density at radius 1 is 1.29 bits per heavy atom. The van der Waals surface area contributed by atoms with Crippen LogP contribution in [0.25, 0.3) is 0 Å². The number of rotatable bonds is 4. The van der Waals surface area contributed by atoms with Gasteiger partial charge in [-0.3, -0.25) is 4.99 Å². The van der Waals surface area contributed by atoms with E-state index in [2.05, 4.69) is 15.8 Å². The molecule has 1 aromatic rings. The molecule has 1 aromatic carbocycles. The molecular formula is C12H18ClN3O. The molecule has 5 heteroatoms. The quantitative estimate of drug-likeness (QED) is 0.500. The lowest BCUT2D eigenvalue weighted by molar-refractivity contribution is -0.499. The number of anilines is 1. The van der Waals surface area contributed by atoms with E-state index in [0.29, 0.717) is 6.04 Å². The standard InChI is InChI=1S/C12H17N3O.ClH/c1-16-9-11-7-8-12(13-11)15-14-10-5-3-2-4-6-10;/h2-6,11,14H,7-9H2,1H3,(H,13,15);1H/t11-;/m0./s1. The lowest BCUT2D eigenvalue weighted by Gasteiger charge is -2.02. The van der Waals surface area contributed by atoms with E-state index in [9.17, 15) is 0 Å². The predicted molar refractivity (Wildman–Crippen MR) is 64.1 cm³/mol. The number of ether oxygens (including phenoxy) is 1. The molecule has 1 heterocycles. The Morgan fingerprint density at radius 3 is 2.76 bits per heavy atom. The lowest BCUT2D eigenvalue weighted by atomic mass is 10.2. The molecule has 0 aromatic heterocycles. The summed E-state index contributed by atoms with van der Waals surface area (Å²) < 4.78 is 5.11. The van der Waals surface area contributed by atoms with Crippen LogP contribution in [0.3, 0.4) is 0 Å². The molecule has 0 saturated heterocycles. The summed E-state index contributed by atoms with van der Waals surface area (Å²) in [4.78, 5) is 3.38. The molecule has 0 spiro atoms. The Kier molecular flexibility index (Phi) is 5.80. The molecule has 3 N–H and O–H groups in total. The van der Waals surface area contributed by atoms with Crippen molar-refractivity contribution in [1.29, 1.82) is 0 Å². The second-order valence-corrected chi connectivity index (χ2v) is 3.93. The van der Waals surface area contributed by atoms with Crippen molar-refractivity contribution in [1.82, 2.24) is 5.43 Å². The van der Waals surface area contributed by atoms with Crippen molar-refractivity contribution in [3.05, 3.63) is 30.3 Å². The highest BCUT2D eigenvalue weighted by Gasteiger charge is 2.21. The maximum Gasteiger partial charge on any atom is 0.266 e. The van der Waals surface area contributed by atoms with Crippen LogP contribution < -0.4 is 28.3 Å². The van der Waals surface area contributed by atoms with Crippen molar-refractivity contribution in [2.24, 2.45) is 0 Å². The summed E-state index contributed by atoms with van der Waals surface area (Å²) in [6.45, 7) is 0.760. The monoisotopic (exact) mass is 255 g/mol. The molecule has 4 nitrogen and oxygen atoms in total. The average molecular weight is 256 g/mol. The normalized spacial score (nSPS) is 18.2. The first-order chi connectivity index (χ1) is 7.88. The molecule has 0 bridgehead atoms. The largest absolute Gasteiger partial charge is 1.00 e. The van der Waals surface area contributed by atoms with Crippen LogP contribution in [0.2, 0.25) is 0 Å². The van der Waals surface area contributed by atoms with Gasteiger partial charge in [0.25, 0.3) is 5.84 Å². The number of amidine groups is 1. The number of hydrazine groups is 1. The molecule has 0 amide bonds. The summed E-state index contributed by atoms with van der Waals surface area (Å²) in [5.74, 6) is 1.13. The number of nitrogens with one attached hydrogen (secondary N) is 3. The zero-order valence-electron chi connectivity index (χ0n) is 9.87. The SMILES string of the molecule is COC[C@@H]1CCC(NNc2ccccc2)=[NH+]1.[Cl-]. The van der Waals surface area contributed by atoms with Gasteiger partial charge in [-0.05, 0) is 12.1 Å².